The van der Waals surface area contributed by atoms with Crippen molar-refractivity contribution in [2.24, 2.45) is 0 Å². The summed E-state index contributed by atoms with van der Waals surface area (Å²) in [6, 6.07) is 12.1. The van der Waals surface area contributed by atoms with Crippen LogP contribution in [0.15, 0.2) is 47.4 Å². The van der Waals surface area contributed by atoms with Gasteiger partial charge in [-0.2, -0.15) is 0 Å². The average molecular weight is 304 g/mol. The smallest absolute Gasteiger partial charge is 0.340 e. The van der Waals surface area contributed by atoms with E-state index in [2.05, 4.69) is 0 Å². The number of carboxylic acids is 1. The average Bonchev–Trinajstić information content (AvgIpc) is 2.48. The number of ether oxygens (including phenoxy) is 1. The van der Waals surface area contributed by atoms with E-state index >= 15 is 0 Å². The van der Waals surface area contributed by atoms with Crippen LogP contribution < -0.4 is 4.74 Å². The number of hydrogen-bond donors (Lipinski definition) is 2. The van der Waals surface area contributed by atoms with Gasteiger partial charge in [-0.3, -0.25) is 0 Å². The number of thioether (sulfide) groups is 1. The summed E-state index contributed by atoms with van der Waals surface area (Å²) in [5.41, 5.74) is 0.951. The molecule has 0 saturated carbocycles. The van der Waals surface area contributed by atoms with E-state index in [1.54, 1.807) is 42.5 Å². The van der Waals surface area contributed by atoms with Crippen molar-refractivity contribution >= 4 is 17.7 Å². The Morgan fingerprint density at radius 3 is 2.48 bits per heavy atom. The zero-order valence-electron chi connectivity index (χ0n) is 11.6. The standard InChI is InChI=1S/C16H16O4S/c1-2-21-14-5-3-4-13(15(14)16(18)19)20-12-8-6-11(10-17)7-9-12/h3-9,17H,2,10H2,1H3,(H,18,19). The van der Waals surface area contributed by atoms with Crippen LogP contribution in [-0.4, -0.2) is 21.9 Å². The molecule has 0 aliphatic heterocycles. The van der Waals surface area contributed by atoms with Crippen molar-refractivity contribution in [1.29, 1.82) is 0 Å². The van der Waals surface area contributed by atoms with Gasteiger partial charge in [0.1, 0.15) is 17.1 Å². The van der Waals surface area contributed by atoms with E-state index in [1.165, 1.54) is 11.8 Å². The van der Waals surface area contributed by atoms with Gasteiger partial charge in [-0.05, 0) is 35.6 Å². The molecule has 2 aromatic rings. The Kier molecular flexibility index (Phi) is 5.25. The third-order valence-corrected chi connectivity index (χ3v) is 3.78. The van der Waals surface area contributed by atoms with E-state index in [1.807, 2.05) is 6.92 Å². The summed E-state index contributed by atoms with van der Waals surface area (Å²) in [4.78, 5) is 12.2. The molecule has 2 rings (SSSR count). The van der Waals surface area contributed by atoms with E-state index in [0.717, 1.165) is 11.3 Å². The molecular formula is C16H16O4S. The Balaban J connectivity index is 2.33. The van der Waals surface area contributed by atoms with Crippen LogP contribution in [0.1, 0.15) is 22.8 Å². The highest BCUT2D eigenvalue weighted by molar-refractivity contribution is 7.99. The fourth-order valence-corrected chi connectivity index (χ4v) is 2.69. The van der Waals surface area contributed by atoms with Crippen LogP contribution in [0, 0.1) is 0 Å². The van der Waals surface area contributed by atoms with Gasteiger partial charge in [-0.1, -0.05) is 25.1 Å². The van der Waals surface area contributed by atoms with E-state index in [0.29, 0.717) is 16.4 Å². The number of aromatic carboxylic acids is 1. The van der Waals surface area contributed by atoms with Gasteiger partial charge in [-0.15, -0.1) is 11.8 Å². The first-order valence-corrected chi connectivity index (χ1v) is 7.51. The molecule has 0 unspecified atom stereocenters. The predicted octanol–water partition coefficient (Wildman–Crippen LogP) is 3.78. The highest BCUT2D eigenvalue weighted by Gasteiger charge is 2.17. The number of carbonyl (C=O) groups is 1. The number of benzene rings is 2. The molecule has 0 radical (unpaired) electrons. The molecule has 21 heavy (non-hydrogen) atoms. The second kappa shape index (κ2) is 7.15. The maximum Gasteiger partial charge on any atom is 0.340 e. The van der Waals surface area contributed by atoms with Crippen LogP contribution in [0.5, 0.6) is 11.5 Å². The summed E-state index contributed by atoms with van der Waals surface area (Å²) >= 11 is 1.47. The molecule has 0 fully saturated rings. The third kappa shape index (κ3) is 3.77. The van der Waals surface area contributed by atoms with Crippen molar-refractivity contribution in [1.82, 2.24) is 0 Å². The summed E-state index contributed by atoms with van der Waals surface area (Å²) in [6.07, 6.45) is 0. The largest absolute Gasteiger partial charge is 0.478 e. The maximum absolute atomic E-state index is 11.5. The normalized spacial score (nSPS) is 10.4. The highest BCUT2D eigenvalue weighted by Crippen LogP contribution is 2.33. The number of aliphatic hydroxyl groups excluding tert-OH is 1. The molecule has 0 amide bonds. The Morgan fingerprint density at radius 1 is 1.19 bits per heavy atom. The van der Waals surface area contributed by atoms with Gasteiger partial charge in [0.2, 0.25) is 0 Å². The Bertz CT molecular complexity index is 623. The molecule has 0 atom stereocenters. The lowest BCUT2D eigenvalue weighted by Crippen LogP contribution is -2.02. The molecule has 4 nitrogen and oxygen atoms in total. The zero-order chi connectivity index (χ0) is 15.2. The number of hydrogen-bond acceptors (Lipinski definition) is 4. The van der Waals surface area contributed by atoms with Crippen LogP contribution in [0.3, 0.4) is 0 Å². The maximum atomic E-state index is 11.5. The van der Waals surface area contributed by atoms with Gasteiger partial charge in [0.25, 0.3) is 0 Å². The summed E-state index contributed by atoms with van der Waals surface area (Å²) in [5, 5.41) is 18.4. The molecule has 0 aliphatic carbocycles. The van der Waals surface area contributed by atoms with Gasteiger partial charge in [0, 0.05) is 4.90 Å². The minimum absolute atomic E-state index is 0.0384. The van der Waals surface area contributed by atoms with E-state index in [-0.39, 0.29) is 12.2 Å². The fraction of sp³-hybridized carbons (Fsp3) is 0.188. The van der Waals surface area contributed by atoms with Crippen molar-refractivity contribution < 1.29 is 19.7 Å². The SMILES string of the molecule is CCSc1cccc(Oc2ccc(CO)cc2)c1C(=O)O. The summed E-state index contributed by atoms with van der Waals surface area (Å²) < 4.78 is 5.68. The van der Waals surface area contributed by atoms with Crippen molar-refractivity contribution in [3.8, 4) is 11.5 Å². The molecule has 0 saturated heterocycles. The lowest BCUT2D eigenvalue weighted by atomic mass is 10.2. The van der Waals surface area contributed by atoms with Gasteiger partial charge < -0.3 is 14.9 Å². The summed E-state index contributed by atoms with van der Waals surface area (Å²) in [5.74, 6) is 0.633. The van der Waals surface area contributed by atoms with E-state index < -0.39 is 5.97 Å². The van der Waals surface area contributed by atoms with Gasteiger partial charge in [0.15, 0.2) is 0 Å². The lowest BCUT2D eigenvalue weighted by Gasteiger charge is -2.12. The van der Waals surface area contributed by atoms with Crippen molar-refractivity contribution in [3.05, 3.63) is 53.6 Å². The van der Waals surface area contributed by atoms with Gasteiger partial charge in [0.05, 0.1) is 6.61 Å². The quantitative estimate of drug-likeness (QED) is 0.795. The second-order valence-electron chi connectivity index (χ2n) is 4.27. The number of carboxylic acid groups (broad SMARTS) is 1. The minimum Gasteiger partial charge on any atom is -0.478 e. The molecule has 0 aliphatic rings. The highest BCUT2D eigenvalue weighted by atomic mass is 32.2. The third-order valence-electron chi connectivity index (χ3n) is 2.84. The Labute approximate surface area is 127 Å². The molecule has 0 aromatic heterocycles. The first kappa shape index (κ1) is 15.4. The molecule has 0 heterocycles. The summed E-state index contributed by atoms with van der Waals surface area (Å²) in [7, 11) is 0. The van der Waals surface area contributed by atoms with Gasteiger partial charge >= 0.3 is 5.97 Å². The first-order valence-electron chi connectivity index (χ1n) is 6.52. The second-order valence-corrected chi connectivity index (χ2v) is 5.58. The van der Waals surface area contributed by atoms with Crippen LogP contribution in [0.2, 0.25) is 0 Å². The van der Waals surface area contributed by atoms with Crippen LogP contribution in [0.4, 0.5) is 0 Å². The van der Waals surface area contributed by atoms with Crippen molar-refractivity contribution in [2.45, 2.75) is 18.4 Å². The molecule has 110 valence electrons. The number of aliphatic hydroxyl groups is 1. The van der Waals surface area contributed by atoms with E-state index in [9.17, 15) is 9.90 Å². The van der Waals surface area contributed by atoms with Gasteiger partial charge in [-0.25, -0.2) is 4.79 Å². The van der Waals surface area contributed by atoms with Crippen molar-refractivity contribution in [2.75, 3.05) is 5.75 Å². The molecular weight excluding hydrogens is 288 g/mol. The molecule has 2 aromatic carbocycles. The minimum atomic E-state index is -1.01. The molecule has 0 bridgehead atoms. The lowest BCUT2D eigenvalue weighted by molar-refractivity contribution is 0.0690. The van der Waals surface area contributed by atoms with Crippen molar-refractivity contribution in [3.63, 3.8) is 0 Å². The zero-order valence-corrected chi connectivity index (χ0v) is 12.4. The number of rotatable bonds is 6. The topological polar surface area (TPSA) is 66.8 Å². The summed E-state index contributed by atoms with van der Waals surface area (Å²) in [6.45, 7) is 1.93. The Morgan fingerprint density at radius 2 is 1.90 bits per heavy atom. The van der Waals surface area contributed by atoms with Crippen LogP contribution in [0.25, 0.3) is 0 Å². The predicted molar refractivity (Wildman–Crippen MR) is 82.2 cm³/mol. The fourth-order valence-electron chi connectivity index (χ4n) is 1.87. The molecule has 5 heteroatoms. The van der Waals surface area contributed by atoms with E-state index in [4.69, 9.17) is 9.84 Å². The Hall–Kier alpha value is -1.98. The molecule has 0 spiro atoms. The monoisotopic (exact) mass is 304 g/mol. The first-order chi connectivity index (χ1) is 10.2. The van der Waals surface area contributed by atoms with Crippen LogP contribution >= 0.6 is 11.8 Å². The molecule has 2 N–H and O–H groups in total. The van der Waals surface area contributed by atoms with Crippen LogP contribution in [-0.2, 0) is 6.61 Å².